The number of rotatable bonds is 1. The van der Waals surface area contributed by atoms with Gasteiger partial charge < -0.3 is 4.98 Å². The van der Waals surface area contributed by atoms with Crippen molar-refractivity contribution in [1.29, 1.82) is 0 Å². The molecule has 4 heteroatoms. The average molecular weight is 206 g/mol. The van der Waals surface area contributed by atoms with Gasteiger partial charge in [0.2, 0.25) is 0 Å². The summed E-state index contributed by atoms with van der Waals surface area (Å²) in [6.07, 6.45) is 5.34. The number of nitrogens with one attached hydrogen (secondary N) is 1. The number of hydrogen-bond acceptors (Lipinski definition) is 3. The Balaban J connectivity index is 2.19. The number of H-pyrrole nitrogens is 1. The lowest BCUT2D eigenvalue weighted by molar-refractivity contribution is 0.426. The molecule has 1 fully saturated rings. The molecule has 2 heterocycles. The molecule has 0 atom stereocenters. The monoisotopic (exact) mass is 206 g/mol. The zero-order valence-corrected chi connectivity index (χ0v) is 8.43. The number of aromatic nitrogens is 2. The molecule has 0 aliphatic heterocycles. The Morgan fingerprint density at radius 3 is 3.00 bits per heavy atom. The SMILES string of the molecule is O=c1[nH]cnc2sc(C3CCC3)cc12. The molecule has 0 bridgehead atoms. The first-order chi connectivity index (χ1) is 6.84. The summed E-state index contributed by atoms with van der Waals surface area (Å²) >= 11 is 1.66. The maximum absolute atomic E-state index is 11.4. The van der Waals surface area contributed by atoms with Crippen molar-refractivity contribution in [2.45, 2.75) is 25.2 Å². The Morgan fingerprint density at radius 1 is 1.50 bits per heavy atom. The van der Waals surface area contributed by atoms with Crippen molar-refractivity contribution < 1.29 is 0 Å². The molecule has 1 saturated carbocycles. The molecule has 14 heavy (non-hydrogen) atoms. The van der Waals surface area contributed by atoms with Gasteiger partial charge in [0, 0.05) is 4.88 Å². The number of thiophene rings is 1. The highest BCUT2D eigenvalue weighted by Crippen LogP contribution is 2.40. The molecular weight excluding hydrogens is 196 g/mol. The van der Waals surface area contributed by atoms with E-state index in [2.05, 4.69) is 9.97 Å². The van der Waals surface area contributed by atoms with Crippen LogP contribution < -0.4 is 5.56 Å². The third-order valence-electron chi connectivity index (χ3n) is 2.86. The summed E-state index contributed by atoms with van der Waals surface area (Å²) in [7, 11) is 0. The highest BCUT2D eigenvalue weighted by Gasteiger charge is 2.22. The summed E-state index contributed by atoms with van der Waals surface area (Å²) in [5.41, 5.74) is -0.0168. The summed E-state index contributed by atoms with van der Waals surface area (Å²) in [6, 6.07) is 2.01. The van der Waals surface area contributed by atoms with Crippen LogP contribution in [0.15, 0.2) is 17.2 Å². The summed E-state index contributed by atoms with van der Waals surface area (Å²) in [5, 5.41) is 0.749. The van der Waals surface area contributed by atoms with Gasteiger partial charge in [0.1, 0.15) is 4.83 Å². The number of fused-ring (bicyclic) bond motifs is 1. The Bertz CT molecular complexity index is 524. The number of nitrogens with zero attached hydrogens (tertiary/aromatic N) is 1. The van der Waals surface area contributed by atoms with Crippen LogP contribution in [0.5, 0.6) is 0 Å². The zero-order chi connectivity index (χ0) is 9.54. The van der Waals surface area contributed by atoms with E-state index in [0.29, 0.717) is 5.92 Å². The van der Waals surface area contributed by atoms with E-state index in [1.807, 2.05) is 6.07 Å². The van der Waals surface area contributed by atoms with E-state index in [1.54, 1.807) is 11.3 Å². The Hall–Kier alpha value is -1.16. The van der Waals surface area contributed by atoms with E-state index in [0.717, 1.165) is 10.2 Å². The predicted octanol–water partition coefficient (Wildman–Crippen LogP) is 2.25. The highest BCUT2D eigenvalue weighted by molar-refractivity contribution is 7.18. The van der Waals surface area contributed by atoms with Crippen molar-refractivity contribution in [2.24, 2.45) is 0 Å². The average Bonchev–Trinajstić information content (AvgIpc) is 2.46. The van der Waals surface area contributed by atoms with E-state index < -0.39 is 0 Å². The first kappa shape index (κ1) is 8.17. The van der Waals surface area contributed by atoms with Crippen molar-refractivity contribution in [1.82, 2.24) is 9.97 Å². The van der Waals surface area contributed by atoms with Crippen LogP contribution in [-0.2, 0) is 0 Å². The fraction of sp³-hybridized carbons (Fsp3) is 0.400. The molecule has 1 N–H and O–H groups in total. The Labute approximate surface area is 84.8 Å². The van der Waals surface area contributed by atoms with Crippen molar-refractivity contribution >= 4 is 21.6 Å². The summed E-state index contributed by atoms with van der Waals surface area (Å²) in [5.74, 6) is 0.689. The molecule has 3 rings (SSSR count). The third-order valence-corrected chi connectivity index (χ3v) is 4.07. The molecule has 3 nitrogen and oxygen atoms in total. The maximum atomic E-state index is 11.4. The number of aromatic amines is 1. The molecule has 2 aromatic heterocycles. The lowest BCUT2D eigenvalue weighted by Crippen LogP contribution is -2.07. The molecule has 2 aromatic rings. The van der Waals surface area contributed by atoms with Crippen molar-refractivity contribution in [3.05, 3.63) is 27.6 Å². The first-order valence-corrected chi connectivity index (χ1v) is 5.63. The minimum Gasteiger partial charge on any atom is -0.313 e. The third kappa shape index (κ3) is 1.10. The molecule has 1 aliphatic rings. The van der Waals surface area contributed by atoms with Gasteiger partial charge in [-0.05, 0) is 24.8 Å². The molecular formula is C10H10N2OS. The normalized spacial score (nSPS) is 17.1. The molecule has 1 aliphatic carbocycles. The lowest BCUT2D eigenvalue weighted by atomic mass is 9.84. The predicted molar refractivity (Wildman–Crippen MR) is 56.8 cm³/mol. The fourth-order valence-corrected chi connectivity index (χ4v) is 2.95. The van der Waals surface area contributed by atoms with E-state index in [9.17, 15) is 4.79 Å². The topological polar surface area (TPSA) is 45.8 Å². The quantitative estimate of drug-likeness (QED) is 0.777. The van der Waals surface area contributed by atoms with E-state index in [-0.39, 0.29) is 5.56 Å². The van der Waals surface area contributed by atoms with Crippen molar-refractivity contribution in [3.8, 4) is 0 Å². The van der Waals surface area contributed by atoms with Crippen molar-refractivity contribution in [3.63, 3.8) is 0 Å². The van der Waals surface area contributed by atoms with E-state index in [1.165, 1.54) is 30.5 Å². The van der Waals surface area contributed by atoms with Gasteiger partial charge in [-0.25, -0.2) is 4.98 Å². The summed E-state index contributed by atoms with van der Waals surface area (Å²) < 4.78 is 0. The Morgan fingerprint density at radius 2 is 2.36 bits per heavy atom. The fourth-order valence-electron chi connectivity index (χ4n) is 1.78. The highest BCUT2D eigenvalue weighted by atomic mass is 32.1. The molecule has 0 aromatic carbocycles. The number of hydrogen-bond donors (Lipinski definition) is 1. The summed E-state index contributed by atoms with van der Waals surface area (Å²) in [6.45, 7) is 0. The second-order valence-electron chi connectivity index (χ2n) is 3.73. The smallest absolute Gasteiger partial charge is 0.259 e. The van der Waals surface area contributed by atoms with Gasteiger partial charge in [0.25, 0.3) is 5.56 Å². The minimum atomic E-state index is -0.0168. The molecule has 0 amide bonds. The van der Waals surface area contributed by atoms with Crippen LogP contribution >= 0.6 is 11.3 Å². The molecule has 0 unspecified atom stereocenters. The lowest BCUT2D eigenvalue weighted by Gasteiger charge is -2.23. The summed E-state index contributed by atoms with van der Waals surface area (Å²) in [4.78, 5) is 20.4. The van der Waals surface area contributed by atoms with Crippen LogP contribution in [0.25, 0.3) is 10.2 Å². The van der Waals surface area contributed by atoms with Gasteiger partial charge >= 0.3 is 0 Å². The zero-order valence-electron chi connectivity index (χ0n) is 7.62. The maximum Gasteiger partial charge on any atom is 0.259 e. The standard InChI is InChI=1S/C10H10N2OS/c13-9-7-4-8(6-2-1-3-6)14-10(7)12-5-11-9/h4-6H,1-3H2,(H,11,12,13). The first-order valence-electron chi connectivity index (χ1n) is 4.82. The molecule has 0 spiro atoms. The van der Waals surface area contributed by atoms with Gasteiger partial charge in [-0.3, -0.25) is 4.79 Å². The minimum absolute atomic E-state index is 0.0168. The molecule has 0 saturated heterocycles. The second kappa shape index (κ2) is 2.92. The van der Waals surface area contributed by atoms with Crippen LogP contribution in [0.4, 0.5) is 0 Å². The molecule has 72 valence electrons. The van der Waals surface area contributed by atoms with Gasteiger partial charge in [-0.15, -0.1) is 11.3 Å². The van der Waals surface area contributed by atoms with Crippen LogP contribution in [0.2, 0.25) is 0 Å². The van der Waals surface area contributed by atoms with E-state index >= 15 is 0 Å². The van der Waals surface area contributed by atoms with Crippen LogP contribution in [0.1, 0.15) is 30.1 Å². The van der Waals surface area contributed by atoms with Gasteiger partial charge in [0.05, 0.1) is 11.7 Å². The van der Waals surface area contributed by atoms with Gasteiger partial charge in [-0.1, -0.05) is 6.42 Å². The van der Waals surface area contributed by atoms with Crippen LogP contribution in [0.3, 0.4) is 0 Å². The Kier molecular flexibility index (Phi) is 1.70. The molecule has 0 radical (unpaired) electrons. The largest absolute Gasteiger partial charge is 0.313 e. The van der Waals surface area contributed by atoms with Crippen molar-refractivity contribution in [2.75, 3.05) is 0 Å². The van der Waals surface area contributed by atoms with Crippen LogP contribution in [0, 0.1) is 0 Å². The van der Waals surface area contributed by atoms with Gasteiger partial charge in [0.15, 0.2) is 0 Å². The van der Waals surface area contributed by atoms with Crippen LogP contribution in [-0.4, -0.2) is 9.97 Å². The van der Waals surface area contributed by atoms with E-state index in [4.69, 9.17) is 0 Å². The van der Waals surface area contributed by atoms with Gasteiger partial charge in [-0.2, -0.15) is 0 Å². The second-order valence-corrected chi connectivity index (χ2v) is 4.79.